The molecule has 0 atom stereocenters. The molecule has 0 radical (unpaired) electrons. The van der Waals surface area contributed by atoms with Crippen LogP contribution in [0.25, 0.3) is 5.69 Å². The van der Waals surface area contributed by atoms with Crippen LogP contribution in [0.5, 0.6) is 0 Å². The minimum atomic E-state index is -0.406. The maximum Gasteiger partial charge on any atom is 0.272 e. The van der Waals surface area contributed by atoms with Crippen LogP contribution in [-0.4, -0.2) is 21.6 Å². The van der Waals surface area contributed by atoms with E-state index in [1.807, 2.05) is 37.5 Å². The van der Waals surface area contributed by atoms with Crippen LogP contribution in [-0.2, 0) is 0 Å². The number of nitro groups is 1. The fourth-order valence-corrected chi connectivity index (χ4v) is 3.57. The van der Waals surface area contributed by atoms with Crippen molar-refractivity contribution in [2.45, 2.75) is 20.8 Å². The summed E-state index contributed by atoms with van der Waals surface area (Å²) in [5, 5.41) is 15.2. The summed E-state index contributed by atoms with van der Waals surface area (Å²) in [6.07, 6.45) is 1.57. The smallest absolute Gasteiger partial charge is 0.272 e. The molecule has 1 N–H and O–H groups in total. The number of carbonyl (C=O) groups excluding carboxylic acids is 1. The van der Waals surface area contributed by atoms with E-state index in [-0.39, 0.29) is 11.6 Å². The van der Waals surface area contributed by atoms with Crippen LogP contribution in [0.2, 0.25) is 0 Å². The lowest BCUT2D eigenvalue weighted by Gasteiger charge is -2.12. The van der Waals surface area contributed by atoms with Gasteiger partial charge in [0, 0.05) is 33.6 Å². The summed E-state index contributed by atoms with van der Waals surface area (Å²) in [6.45, 7) is 5.73. The number of amides is 1. The third kappa shape index (κ3) is 4.27. The quantitative estimate of drug-likeness (QED) is 0.339. The molecule has 1 amide bonds. The first-order valence-electron chi connectivity index (χ1n) is 8.82. The molecule has 7 nitrogen and oxygen atoms in total. The zero-order valence-electron chi connectivity index (χ0n) is 16.1. The normalized spacial score (nSPS) is 11.0. The Morgan fingerprint density at radius 2 is 1.90 bits per heavy atom. The first-order valence-corrected chi connectivity index (χ1v) is 9.61. The number of carbonyl (C=O) groups is 1. The molecule has 0 aliphatic rings. The third-order valence-electron chi connectivity index (χ3n) is 4.60. The summed E-state index contributed by atoms with van der Waals surface area (Å²) < 4.78 is 2.63. The maximum atomic E-state index is 12.3. The first-order chi connectivity index (χ1) is 13.8. The molecular formula is C21H19BrN4O3. The van der Waals surface area contributed by atoms with E-state index in [0.29, 0.717) is 10.0 Å². The molecule has 1 heterocycles. The lowest BCUT2D eigenvalue weighted by Crippen LogP contribution is -2.18. The van der Waals surface area contributed by atoms with Crippen LogP contribution < -0.4 is 5.43 Å². The van der Waals surface area contributed by atoms with Crippen molar-refractivity contribution in [1.82, 2.24) is 9.99 Å². The molecule has 0 bridgehead atoms. The summed E-state index contributed by atoms with van der Waals surface area (Å²) in [5.41, 5.74) is 7.29. The van der Waals surface area contributed by atoms with Crippen molar-refractivity contribution >= 4 is 33.7 Å². The summed E-state index contributed by atoms with van der Waals surface area (Å²) >= 11 is 3.34. The minimum absolute atomic E-state index is 0.0361. The molecule has 0 fully saturated rings. The van der Waals surface area contributed by atoms with E-state index >= 15 is 0 Å². The predicted molar refractivity (Wildman–Crippen MR) is 116 cm³/mol. The van der Waals surface area contributed by atoms with Crippen molar-refractivity contribution in [1.29, 1.82) is 0 Å². The van der Waals surface area contributed by atoms with E-state index in [1.54, 1.807) is 36.5 Å². The number of nitro benzene ring substituents is 1. The van der Waals surface area contributed by atoms with Gasteiger partial charge in [-0.3, -0.25) is 14.9 Å². The van der Waals surface area contributed by atoms with Gasteiger partial charge in [-0.25, -0.2) is 5.43 Å². The molecule has 0 saturated heterocycles. The zero-order chi connectivity index (χ0) is 21.1. The average Bonchev–Trinajstić information content (AvgIpc) is 2.96. The molecule has 0 saturated carbocycles. The van der Waals surface area contributed by atoms with Gasteiger partial charge < -0.3 is 4.57 Å². The minimum Gasteiger partial charge on any atom is -0.317 e. The molecule has 3 aromatic rings. The van der Waals surface area contributed by atoms with E-state index in [0.717, 1.165) is 28.2 Å². The van der Waals surface area contributed by atoms with Gasteiger partial charge in [0.15, 0.2) is 0 Å². The van der Waals surface area contributed by atoms with Gasteiger partial charge in [-0.1, -0.05) is 18.2 Å². The number of aryl methyl sites for hydroxylation is 2. The van der Waals surface area contributed by atoms with Gasteiger partial charge >= 0.3 is 0 Å². The van der Waals surface area contributed by atoms with E-state index in [1.165, 1.54) is 6.07 Å². The van der Waals surface area contributed by atoms with E-state index in [4.69, 9.17) is 0 Å². The van der Waals surface area contributed by atoms with Crippen LogP contribution in [0.3, 0.4) is 0 Å². The highest BCUT2D eigenvalue weighted by atomic mass is 79.9. The molecule has 8 heteroatoms. The molecular weight excluding hydrogens is 436 g/mol. The number of rotatable bonds is 5. The molecule has 1 aromatic heterocycles. The summed E-state index contributed by atoms with van der Waals surface area (Å²) in [6, 6.07) is 13.8. The number of hydrazone groups is 1. The Kier molecular flexibility index (Phi) is 5.93. The topological polar surface area (TPSA) is 89.5 Å². The van der Waals surface area contributed by atoms with Crippen molar-refractivity contribution in [3.63, 3.8) is 0 Å². The van der Waals surface area contributed by atoms with E-state index in [2.05, 4.69) is 26.5 Å². The highest BCUT2D eigenvalue weighted by Gasteiger charge is 2.15. The van der Waals surface area contributed by atoms with Gasteiger partial charge in [-0.15, -0.1) is 0 Å². The molecule has 0 spiro atoms. The van der Waals surface area contributed by atoms with Crippen LogP contribution in [0.1, 0.15) is 32.9 Å². The summed E-state index contributed by atoms with van der Waals surface area (Å²) in [4.78, 5) is 23.0. The van der Waals surface area contributed by atoms with Gasteiger partial charge in [0.25, 0.3) is 11.6 Å². The van der Waals surface area contributed by atoms with Crippen molar-refractivity contribution < 1.29 is 9.72 Å². The molecule has 148 valence electrons. The standard InChI is InChI=1S/C21H19BrN4O3/c1-13-8-9-17(26(28)29)11-20(13)25-14(2)10-16(15(25)3)12-23-24-21(27)18-6-4-5-7-19(18)22/h4-12H,1-3H3,(H,24,27)/b23-12+. The molecule has 2 aromatic carbocycles. The maximum absolute atomic E-state index is 12.3. The number of benzene rings is 2. The second kappa shape index (κ2) is 8.40. The number of hydrogen-bond donors (Lipinski definition) is 1. The van der Waals surface area contributed by atoms with Gasteiger partial charge in [-0.05, 0) is 60.5 Å². The summed E-state index contributed by atoms with van der Waals surface area (Å²) in [5.74, 6) is -0.322. The zero-order valence-corrected chi connectivity index (χ0v) is 17.7. The molecule has 0 aliphatic carbocycles. The van der Waals surface area contributed by atoms with Gasteiger partial charge in [-0.2, -0.15) is 5.10 Å². The number of hydrogen-bond acceptors (Lipinski definition) is 4. The Morgan fingerprint density at radius 1 is 1.17 bits per heavy atom. The number of halogens is 1. The van der Waals surface area contributed by atoms with E-state index in [9.17, 15) is 14.9 Å². The molecule has 0 aliphatic heterocycles. The lowest BCUT2D eigenvalue weighted by molar-refractivity contribution is -0.384. The molecule has 0 unspecified atom stereocenters. The Labute approximate surface area is 176 Å². The Hall–Kier alpha value is -3.26. The monoisotopic (exact) mass is 454 g/mol. The Bertz CT molecular complexity index is 1130. The highest BCUT2D eigenvalue weighted by molar-refractivity contribution is 9.10. The second-order valence-corrected chi connectivity index (χ2v) is 7.42. The third-order valence-corrected chi connectivity index (χ3v) is 5.29. The number of aromatic nitrogens is 1. The number of nitrogens with zero attached hydrogens (tertiary/aromatic N) is 3. The predicted octanol–water partition coefficient (Wildman–Crippen LogP) is 4.84. The van der Waals surface area contributed by atoms with E-state index < -0.39 is 4.92 Å². The largest absolute Gasteiger partial charge is 0.317 e. The number of non-ortho nitro benzene ring substituents is 1. The molecule has 3 rings (SSSR count). The SMILES string of the molecule is Cc1ccc([N+](=O)[O-])cc1-n1c(C)cc(/C=N/NC(=O)c2ccccc2Br)c1C. The molecule has 29 heavy (non-hydrogen) atoms. The van der Waals surface area contributed by atoms with Crippen LogP contribution in [0.15, 0.2) is 58.1 Å². The Balaban J connectivity index is 1.88. The van der Waals surface area contributed by atoms with Crippen molar-refractivity contribution in [3.05, 3.63) is 91.2 Å². The van der Waals surface area contributed by atoms with Crippen molar-refractivity contribution in [2.24, 2.45) is 5.10 Å². The van der Waals surface area contributed by atoms with Gasteiger partial charge in [0.2, 0.25) is 0 Å². The Morgan fingerprint density at radius 3 is 2.59 bits per heavy atom. The second-order valence-electron chi connectivity index (χ2n) is 6.57. The fourth-order valence-electron chi connectivity index (χ4n) is 3.11. The number of nitrogens with one attached hydrogen (secondary N) is 1. The van der Waals surface area contributed by atoms with Crippen LogP contribution in [0.4, 0.5) is 5.69 Å². The van der Waals surface area contributed by atoms with Gasteiger partial charge in [0.05, 0.1) is 22.4 Å². The lowest BCUT2D eigenvalue weighted by atomic mass is 10.1. The summed E-state index contributed by atoms with van der Waals surface area (Å²) in [7, 11) is 0. The van der Waals surface area contributed by atoms with Gasteiger partial charge in [0.1, 0.15) is 0 Å². The van der Waals surface area contributed by atoms with Crippen LogP contribution in [0, 0.1) is 30.9 Å². The average molecular weight is 455 g/mol. The van der Waals surface area contributed by atoms with Crippen molar-refractivity contribution in [3.8, 4) is 5.69 Å². The van der Waals surface area contributed by atoms with Crippen molar-refractivity contribution in [2.75, 3.05) is 0 Å². The first kappa shape index (κ1) is 20.5. The van der Waals surface area contributed by atoms with Crippen LogP contribution >= 0.6 is 15.9 Å². The highest BCUT2D eigenvalue weighted by Crippen LogP contribution is 2.26. The fraction of sp³-hybridized carbons (Fsp3) is 0.143.